The highest BCUT2D eigenvalue weighted by Crippen LogP contribution is 2.28. The van der Waals surface area contributed by atoms with Gasteiger partial charge in [0, 0.05) is 17.3 Å². The van der Waals surface area contributed by atoms with E-state index in [1.807, 2.05) is 5.01 Å². The van der Waals surface area contributed by atoms with Crippen molar-refractivity contribution < 1.29 is 23.8 Å². The predicted octanol–water partition coefficient (Wildman–Crippen LogP) is 1.87. The molecule has 0 aliphatic carbocycles. The van der Waals surface area contributed by atoms with Crippen LogP contribution in [0.5, 0.6) is 0 Å². The Labute approximate surface area is 167 Å². The molecule has 2 saturated heterocycles. The molecule has 8 nitrogen and oxygen atoms in total. The largest absolute Gasteiger partial charge is 0.441 e. The Balaban J connectivity index is 1.47. The van der Waals surface area contributed by atoms with Gasteiger partial charge in [0.1, 0.15) is 11.9 Å². The van der Waals surface area contributed by atoms with Crippen molar-refractivity contribution in [1.29, 1.82) is 0 Å². The van der Waals surface area contributed by atoms with Crippen LogP contribution in [0.2, 0.25) is 0 Å². The van der Waals surface area contributed by atoms with Crippen molar-refractivity contribution in [2.75, 3.05) is 44.4 Å². The van der Waals surface area contributed by atoms with Crippen molar-refractivity contribution in [3.8, 4) is 11.1 Å². The summed E-state index contributed by atoms with van der Waals surface area (Å²) in [4.78, 5) is 17.5. The minimum atomic E-state index is -0.596. The lowest BCUT2D eigenvalue weighted by Crippen LogP contribution is -2.32. The van der Waals surface area contributed by atoms with Crippen molar-refractivity contribution in [3.05, 3.63) is 48.0 Å². The summed E-state index contributed by atoms with van der Waals surface area (Å²) in [5.74, 6) is -0.473. The van der Waals surface area contributed by atoms with Gasteiger partial charge >= 0.3 is 6.09 Å². The number of hydrazone groups is 1. The number of aromatic nitrogens is 1. The zero-order valence-electron chi connectivity index (χ0n) is 15.7. The van der Waals surface area contributed by atoms with Crippen LogP contribution in [0.25, 0.3) is 11.1 Å². The second-order valence-corrected chi connectivity index (χ2v) is 6.75. The summed E-state index contributed by atoms with van der Waals surface area (Å²) in [7, 11) is 0. The normalized spacial score (nSPS) is 19.8. The molecule has 2 aromatic rings. The molecule has 1 amide bonds. The second kappa shape index (κ2) is 8.54. The highest BCUT2D eigenvalue weighted by atomic mass is 19.1. The first-order chi connectivity index (χ1) is 14.1. The Morgan fingerprint density at radius 2 is 2.10 bits per heavy atom. The fraction of sp³-hybridized carbons (Fsp3) is 0.350. The summed E-state index contributed by atoms with van der Waals surface area (Å²) in [5.41, 5.74) is 2.06. The molecule has 4 rings (SSSR count). The van der Waals surface area contributed by atoms with Gasteiger partial charge in [-0.1, -0.05) is 6.07 Å². The molecule has 3 heterocycles. The summed E-state index contributed by atoms with van der Waals surface area (Å²) in [5, 5.41) is 15.4. The standard InChI is InChI=1S/C20H21FN4O4/c21-19-9-16(25-12-17(13-26)29-20(25)27)3-4-18(19)14-1-2-15(22-10-14)11-23-24-5-7-28-8-6-24/h1-4,9-11,17,26H,5-8,12-13H2/b23-11+/t17-/m1/s1. The average molecular weight is 400 g/mol. The summed E-state index contributed by atoms with van der Waals surface area (Å²) >= 11 is 0. The van der Waals surface area contributed by atoms with Gasteiger partial charge in [-0.25, -0.2) is 9.18 Å². The number of aliphatic hydroxyl groups is 1. The van der Waals surface area contributed by atoms with Gasteiger partial charge in [0.05, 0.1) is 57.1 Å². The van der Waals surface area contributed by atoms with Gasteiger partial charge in [-0.3, -0.25) is 14.9 Å². The Hall–Kier alpha value is -3.04. The maximum atomic E-state index is 14.7. The number of ether oxygens (including phenoxy) is 2. The first kappa shape index (κ1) is 19.3. The monoisotopic (exact) mass is 400 g/mol. The number of carbonyl (C=O) groups excluding carboxylic acids is 1. The summed E-state index contributed by atoms with van der Waals surface area (Å²) < 4.78 is 25.0. The van der Waals surface area contributed by atoms with E-state index in [9.17, 15) is 9.18 Å². The fourth-order valence-electron chi connectivity index (χ4n) is 3.18. The molecular weight excluding hydrogens is 379 g/mol. The van der Waals surface area contributed by atoms with Crippen LogP contribution in [0.3, 0.4) is 0 Å². The smallest absolute Gasteiger partial charge is 0.414 e. The van der Waals surface area contributed by atoms with Crippen LogP contribution in [0.1, 0.15) is 5.69 Å². The Kier molecular flexibility index (Phi) is 5.68. The SMILES string of the molecule is O=C1O[C@@H](CO)CN1c1ccc(-c2ccc(/C=N/N3CCOCC3)nc2)c(F)c1. The number of nitrogens with zero attached hydrogens (tertiary/aromatic N) is 4. The van der Waals surface area contributed by atoms with Gasteiger partial charge in [-0.05, 0) is 24.3 Å². The maximum Gasteiger partial charge on any atom is 0.414 e. The number of morpholine rings is 1. The Morgan fingerprint density at radius 3 is 2.76 bits per heavy atom. The zero-order valence-corrected chi connectivity index (χ0v) is 15.7. The minimum absolute atomic E-state index is 0.187. The first-order valence-electron chi connectivity index (χ1n) is 9.35. The van der Waals surface area contributed by atoms with Gasteiger partial charge in [0.15, 0.2) is 0 Å². The molecule has 2 aliphatic heterocycles. The number of cyclic esters (lactones) is 1. The van der Waals surface area contributed by atoms with E-state index >= 15 is 0 Å². The molecule has 1 atom stereocenters. The van der Waals surface area contributed by atoms with Crippen molar-refractivity contribution in [2.45, 2.75) is 6.10 Å². The van der Waals surface area contributed by atoms with Gasteiger partial charge in [-0.2, -0.15) is 5.10 Å². The lowest BCUT2D eigenvalue weighted by atomic mass is 10.1. The molecule has 0 saturated carbocycles. The van der Waals surface area contributed by atoms with E-state index in [1.54, 1.807) is 36.7 Å². The number of amides is 1. The lowest BCUT2D eigenvalue weighted by molar-refractivity contribution is 0.0396. The lowest BCUT2D eigenvalue weighted by Gasteiger charge is -2.23. The van der Waals surface area contributed by atoms with Gasteiger partial charge in [0.2, 0.25) is 0 Å². The van der Waals surface area contributed by atoms with Gasteiger partial charge in [0.25, 0.3) is 0 Å². The molecule has 2 aliphatic rings. The van der Waals surface area contributed by atoms with Crippen LogP contribution in [0, 0.1) is 5.82 Å². The third-order valence-electron chi connectivity index (χ3n) is 4.78. The molecule has 152 valence electrons. The Morgan fingerprint density at radius 1 is 1.28 bits per heavy atom. The number of hydrogen-bond donors (Lipinski definition) is 1. The molecule has 0 bridgehead atoms. The topological polar surface area (TPSA) is 87.5 Å². The highest BCUT2D eigenvalue weighted by Gasteiger charge is 2.32. The number of carbonyl (C=O) groups is 1. The molecule has 29 heavy (non-hydrogen) atoms. The van der Waals surface area contributed by atoms with E-state index in [0.29, 0.717) is 35.7 Å². The molecule has 0 unspecified atom stereocenters. The summed E-state index contributed by atoms with van der Waals surface area (Å²) in [6, 6.07) is 8.08. The molecule has 2 fully saturated rings. The number of halogens is 1. The fourth-order valence-corrected chi connectivity index (χ4v) is 3.18. The third-order valence-corrected chi connectivity index (χ3v) is 4.78. The van der Waals surface area contributed by atoms with E-state index in [2.05, 4.69) is 10.1 Å². The first-order valence-corrected chi connectivity index (χ1v) is 9.35. The summed E-state index contributed by atoms with van der Waals surface area (Å²) in [6.07, 6.45) is 2.07. The van der Waals surface area contributed by atoms with E-state index < -0.39 is 18.0 Å². The number of pyridine rings is 1. The van der Waals surface area contributed by atoms with Crippen LogP contribution < -0.4 is 4.90 Å². The number of benzene rings is 1. The Bertz CT molecular complexity index is 900. The van der Waals surface area contributed by atoms with E-state index in [0.717, 1.165) is 13.1 Å². The number of anilines is 1. The van der Waals surface area contributed by atoms with E-state index in [1.165, 1.54) is 11.0 Å². The van der Waals surface area contributed by atoms with Gasteiger partial charge in [-0.15, -0.1) is 0 Å². The van der Waals surface area contributed by atoms with Gasteiger partial charge < -0.3 is 14.6 Å². The molecule has 9 heteroatoms. The predicted molar refractivity (Wildman–Crippen MR) is 104 cm³/mol. The summed E-state index contributed by atoms with van der Waals surface area (Å²) in [6.45, 7) is 2.73. The zero-order chi connectivity index (χ0) is 20.2. The molecule has 0 spiro atoms. The van der Waals surface area contributed by atoms with Crippen LogP contribution >= 0.6 is 0 Å². The molecular formula is C20H21FN4O4. The number of aliphatic hydroxyl groups excluding tert-OH is 1. The molecule has 1 N–H and O–H groups in total. The second-order valence-electron chi connectivity index (χ2n) is 6.75. The highest BCUT2D eigenvalue weighted by molar-refractivity contribution is 5.90. The quantitative estimate of drug-likeness (QED) is 0.771. The molecule has 1 aromatic carbocycles. The van der Waals surface area contributed by atoms with Crippen LogP contribution in [0.15, 0.2) is 41.6 Å². The number of hydrogen-bond acceptors (Lipinski definition) is 7. The van der Waals surface area contributed by atoms with Crippen molar-refractivity contribution >= 4 is 18.0 Å². The molecule has 1 aromatic heterocycles. The van der Waals surface area contributed by atoms with E-state index in [4.69, 9.17) is 14.6 Å². The van der Waals surface area contributed by atoms with E-state index in [-0.39, 0.29) is 13.2 Å². The van der Waals surface area contributed by atoms with Crippen molar-refractivity contribution in [1.82, 2.24) is 9.99 Å². The van der Waals surface area contributed by atoms with Crippen LogP contribution in [-0.4, -0.2) is 73.0 Å². The van der Waals surface area contributed by atoms with Crippen molar-refractivity contribution in [2.24, 2.45) is 5.10 Å². The molecule has 0 radical (unpaired) electrons. The van der Waals surface area contributed by atoms with Crippen LogP contribution in [-0.2, 0) is 9.47 Å². The average Bonchev–Trinajstić information content (AvgIpc) is 3.14. The maximum absolute atomic E-state index is 14.7. The third kappa shape index (κ3) is 4.36. The minimum Gasteiger partial charge on any atom is -0.441 e. The number of rotatable bonds is 5. The van der Waals surface area contributed by atoms with Crippen molar-refractivity contribution in [3.63, 3.8) is 0 Å². The van der Waals surface area contributed by atoms with Crippen LogP contribution in [0.4, 0.5) is 14.9 Å².